The van der Waals surface area contributed by atoms with Crippen molar-refractivity contribution in [3.05, 3.63) is 35.9 Å². The maximum atomic E-state index is 14.0. The fourth-order valence-electron chi connectivity index (χ4n) is 6.27. The number of aliphatic hydroxyl groups excluding tert-OH is 1. The predicted octanol–water partition coefficient (Wildman–Crippen LogP) is 2.86. The number of hydrogen-bond acceptors (Lipinski definition) is 5. The molecule has 3 saturated heterocycles. The largest absolute Gasteiger partial charge is 0.396 e. The van der Waals surface area contributed by atoms with Crippen LogP contribution >= 0.6 is 11.8 Å². The van der Waals surface area contributed by atoms with Crippen molar-refractivity contribution in [1.82, 2.24) is 15.5 Å². The van der Waals surface area contributed by atoms with Crippen LogP contribution in [-0.2, 0) is 20.9 Å². The van der Waals surface area contributed by atoms with E-state index in [0.29, 0.717) is 19.5 Å². The predicted molar refractivity (Wildman–Crippen MR) is 138 cm³/mol. The summed E-state index contributed by atoms with van der Waals surface area (Å²) in [6.45, 7) is 8.94. The van der Waals surface area contributed by atoms with Gasteiger partial charge in [-0.2, -0.15) is 0 Å². The lowest BCUT2D eigenvalue weighted by atomic mass is 9.66. The summed E-state index contributed by atoms with van der Waals surface area (Å²) in [6, 6.07) is 9.18. The lowest BCUT2D eigenvalue weighted by Gasteiger charge is -2.36. The number of nitrogens with zero attached hydrogens (tertiary/aromatic N) is 1. The van der Waals surface area contributed by atoms with Crippen LogP contribution in [0.5, 0.6) is 0 Å². The minimum atomic E-state index is -0.591. The molecule has 35 heavy (non-hydrogen) atoms. The van der Waals surface area contributed by atoms with Crippen LogP contribution in [0.4, 0.5) is 0 Å². The van der Waals surface area contributed by atoms with Gasteiger partial charge in [0.15, 0.2) is 0 Å². The third-order valence-electron chi connectivity index (χ3n) is 7.67. The van der Waals surface area contributed by atoms with E-state index in [1.54, 1.807) is 16.7 Å². The molecule has 1 spiro atoms. The molecule has 192 valence electrons. The normalized spacial score (nSPS) is 31.5. The van der Waals surface area contributed by atoms with Crippen molar-refractivity contribution < 1.29 is 19.5 Å². The molecule has 3 N–H and O–H groups in total. The van der Waals surface area contributed by atoms with Crippen molar-refractivity contribution in [1.29, 1.82) is 0 Å². The first-order valence-electron chi connectivity index (χ1n) is 12.8. The van der Waals surface area contributed by atoms with Gasteiger partial charge in [0.1, 0.15) is 6.04 Å². The summed E-state index contributed by atoms with van der Waals surface area (Å²) in [7, 11) is 0. The average Bonchev–Trinajstić information content (AvgIpc) is 3.35. The fourth-order valence-corrected chi connectivity index (χ4v) is 8.63. The first-order chi connectivity index (χ1) is 16.5. The van der Waals surface area contributed by atoms with E-state index in [9.17, 15) is 14.4 Å². The van der Waals surface area contributed by atoms with Gasteiger partial charge in [-0.05, 0) is 65.4 Å². The maximum absolute atomic E-state index is 14.0. The van der Waals surface area contributed by atoms with Crippen LogP contribution in [0.15, 0.2) is 30.3 Å². The second-order valence-electron chi connectivity index (χ2n) is 11.5. The molecule has 1 aromatic rings. The Hall–Kier alpha value is -2.06. The van der Waals surface area contributed by atoms with Crippen molar-refractivity contribution in [3.63, 3.8) is 0 Å². The lowest BCUT2D eigenvalue weighted by molar-refractivity contribution is -0.141. The van der Waals surface area contributed by atoms with Gasteiger partial charge in [-0.25, -0.2) is 0 Å². The molecule has 0 saturated carbocycles. The van der Waals surface area contributed by atoms with E-state index in [-0.39, 0.29) is 29.1 Å². The molecule has 8 heteroatoms. The van der Waals surface area contributed by atoms with Crippen LogP contribution in [0.2, 0.25) is 0 Å². The molecule has 1 aromatic carbocycles. The Morgan fingerprint density at radius 1 is 1.11 bits per heavy atom. The Labute approximate surface area is 212 Å². The molecule has 3 aliphatic heterocycles. The SMILES string of the molecule is CC(C)(C)NC(=O)C1N(CCCCCO)C(=O)[C@@H]2[C@@H](C(=O)NCc3ccccc3)[C@@]3(C)CCC12S3. The van der Waals surface area contributed by atoms with Gasteiger partial charge in [0.25, 0.3) is 0 Å². The van der Waals surface area contributed by atoms with Crippen molar-refractivity contribution in [2.45, 2.75) is 87.4 Å². The number of carbonyl (C=O) groups excluding carboxylic acids is 3. The highest BCUT2D eigenvalue weighted by atomic mass is 32.2. The average molecular weight is 502 g/mol. The van der Waals surface area contributed by atoms with Gasteiger partial charge >= 0.3 is 0 Å². The summed E-state index contributed by atoms with van der Waals surface area (Å²) in [4.78, 5) is 42.9. The number of likely N-dealkylation sites (tertiary alicyclic amines) is 1. The first-order valence-corrected chi connectivity index (χ1v) is 13.6. The molecule has 3 amide bonds. The Kier molecular flexibility index (Phi) is 7.26. The molecule has 0 aliphatic carbocycles. The fraction of sp³-hybridized carbons (Fsp3) is 0.667. The van der Waals surface area contributed by atoms with Crippen LogP contribution in [0.25, 0.3) is 0 Å². The molecule has 0 radical (unpaired) electrons. The van der Waals surface area contributed by atoms with E-state index >= 15 is 0 Å². The third kappa shape index (κ3) is 4.84. The Bertz CT molecular complexity index is 965. The first kappa shape index (κ1) is 26.0. The monoisotopic (exact) mass is 501 g/mol. The van der Waals surface area contributed by atoms with Crippen LogP contribution in [-0.4, -0.2) is 62.0 Å². The van der Waals surface area contributed by atoms with Gasteiger partial charge in [-0.3, -0.25) is 14.4 Å². The number of aliphatic hydroxyl groups is 1. The summed E-state index contributed by atoms with van der Waals surface area (Å²) in [6.07, 6.45) is 3.75. The van der Waals surface area contributed by atoms with E-state index in [0.717, 1.165) is 31.2 Å². The number of fused-ring (bicyclic) bond motifs is 1. The molecule has 2 bridgehead atoms. The number of hydrogen-bond donors (Lipinski definition) is 3. The molecule has 7 nitrogen and oxygen atoms in total. The topological polar surface area (TPSA) is 98.7 Å². The maximum Gasteiger partial charge on any atom is 0.244 e. The number of benzene rings is 1. The minimum Gasteiger partial charge on any atom is -0.396 e. The molecule has 0 aromatic heterocycles. The minimum absolute atomic E-state index is 0.0705. The lowest BCUT2D eigenvalue weighted by Crippen LogP contribution is -2.57. The molecule has 2 unspecified atom stereocenters. The second kappa shape index (κ2) is 9.77. The number of rotatable bonds is 9. The number of unbranched alkanes of at least 4 members (excludes halogenated alkanes) is 2. The van der Waals surface area contributed by atoms with Crippen LogP contribution in [0, 0.1) is 11.8 Å². The zero-order valence-electron chi connectivity index (χ0n) is 21.3. The molecule has 5 atom stereocenters. The van der Waals surface area contributed by atoms with Crippen molar-refractivity contribution in [2.75, 3.05) is 13.2 Å². The number of carbonyl (C=O) groups is 3. The molecular weight excluding hydrogens is 462 g/mol. The van der Waals surface area contributed by atoms with Gasteiger partial charge in [0.2, 0.25) is 17.7 Å². The molecular formula is C27H39N3O4S. The highest BCUT2D eigenvalue weighted by Gasteiger charge is 2.77. The number of thioether (sulfide) groups is 1. The van der Waals surface area contributed by atoms with Gasteiger partial charge in [-0.1, -0.05) is 30.3 Å². The third-order valence-corrected chi connectivity index (χ3v) is 9.66. The van der Waals surface area contributed by atoms with E-state index in [2.05, 4.69) is 17.6 Å². The van der Waals surface area contributed by atoms with E-state index in [1.165, 1.54) is 0 Å². The molecule has 3 aliphatic rings. The zero-order valence-corrected chi connectivity index (χ0v) is 22.1. The quantitative estimate of drug-likeness (QED) is 0.452. The van der Waals surface area contributed by atoms with Crippen LogP contribution in [0.3, 0.4) is 0 Å². The van der Waals surface area contributed by atoms with Crippen LogP contribution < -0.4 is 10.6 Å². The Balaban J connectivity index is 1.62. The van der Waals surface area contributed by atoms with Gasteiger partial charge < -0.3 is 20.6 Å². The summed E-state index contributed by atoms with van der Waals surface area (Å²) < 4.78 is -0.961. The highest BCUT2D eigenvalue weighted by Crippen LogP contribution is 2.71. The highest BCUT2D eigenvalue weighted by molar-refractivity contribution is 8.02. The summed E-state index contributed by atoms with van der Waals surface area (Å²) in [5.41, 5.74) is 0.594. The van der Waals surface area contributed by atoms with Crippen molar-refractivity contribution >= 4 is 29.5 Å². The second-order valence-corrected chi connectivity index (χ2v) is 13.4. The van der Waals surface area contributed by atoms with E-state index in [4.69, 9.17) is 5.11 Å². The smallest absolute Gasteiger partial charge is 0.244 e. The Morgan fingerprint density at radius 3 is 2.49 bits per heavy atom. The van der Waals surface area contributed by atoms with Gasteiger partial charge in [-0.15, -0.1) is 11.8 Å². The van der Waals surface area contributed by atoms with Gasteiger partial charge in [0.05, 0.1) is 16.6 Å². The number of nitrogens with one attached hydrogen (secondary N) is 2. The van der Waals surface area contributed by atoms with Gasteiger partial charge in [0, 0.05) is 30.0 Å². The standard InChI is InChI=1S/C27H39N3O4S/c1-25(2,3)29-23(33)21-27-14-13-26(4,35-27)19(22(32)28-17-18-11-7-5-8-12-18)20(27)24(34)30(21)15-9-6-10-16-31/h5,7-8,11-12,19-21,31H,6,9-10,13-17H2,1-4H3,(H,28,32)(H,29,33)/t19-,20-,21?,26+,27?/m0/s1. The van der Waals surface area contributed by atoms with Crippen molar-refractivity contribution in [2.24, 2.45) is 11.8 Å². The molecule has 3 fully saturated rings. The zero-order chi connectivity index (χ0) is 25.4. The molecule has 4 rings (SSSR count). The van der Waals surface area contributed by atoms with Crippen molar-refractivity contribution in [3.8, 4) is 0 Å². The summed E-state index contributed by atoms with van der Waals surface area (Å²) in [5, 5.41) is 15.4. The van der Waals surface area contributed by atoms with E-state index in [1.807, 2.05) is 51.1 Å². The Morgan fingerprint density at radius 2 is 1.83 bits per heavy atom. The summed E-state index contributed by atoms with van der Waals surface area (Å²) >= 11 is 1.70. The molecule has 3 heterocycles. The van der Waals surface area contributed by atoms with Crippen LogP contribution in [0.1, 0.15) is 65.4 Å². The van der Waals surface area contributed by atoms with E-state index < -0.39 is 28.2 Å². The summed E-state index contributed by atoms with van der Waals surface area (Å²) in [5.74, 6) is -1.27. The number of amides is 3.